The number of hydrogen-bond donors (Lipinski definition) is 2. The van der Waals surface area contributed by atoms with Crippen molar-refractivity contribution in [3.8, 4) is 17.2 Å². The Bertz CT molecular complexity index is 1610. The molecule has 1 amide bonds. The summed E-state index contributed by atoms with van der Waals surface area (Å²) in [5, 5.41) is 21.8. The van der Waals surface area contributed by atoms with E-state index < -0.39 is 17.7 Å². The average molecular weight is 545 g/mol. The maximum atomic E-state index is 13.5. The number of ether oxygens (including phenoxy) is 2. The summed E-state index contributed by atoms with van der Waals surface area (Å²) in [6, 6.07) is 15.9. The molecule has 9 heteroatoms. The van der Waals surface area contributed by atoms with Crippen molar-refractivity contribution >= 4 is 44.1 Å². The third kappa shape index (κ3) is 4.70. The van der Waals surface area contributed by atoms with Gasteiger partial charge in [0.15, 0.2) is 5.13 Å². The lowest BCUT2D eigenvalue weighted by molar-refractivity contribution is -0.132. The zero-order valence-corrected chi connectivity index (χ0v) is 22.8. The maximum absolute atomic E-state index is 13.5. The van der Waals surface area contributed by atoms with Crippen LogP contribution < -0.4 is 14.4 Å². The summed E-state index contributed by atoms with van der Waals surface area (Å²) >= 11 is 1.25. The summed E-state index contributed by atoms with van der Waals surface area (Å²) in [6.45, 7) is 6.42. The first-order valence-electron chi connectivity index (χ1n) is 12.5. The third-order valence-corrected chi connectivity index (χ3v) is 7.67. The molecule has 2 N–H and O–H groups in total. The van der Waals surface area contributed by atoms with Gasteiger partial charge in [-0.15, -0.1) is 0 Å². The van der Waals surface area contributed by atoms with Gasteiger partial charge in [-0.2, -0.15) is 0 Å². The van der Waals surface area contributed by atoms with E-state index in [0.29, 0.717) is 39.9 Å². The number of hydrogen-bond acceptors (Lipinski definition) is 8. The molecule has 1 fully saturated rings. The number of carbonyl (C=O) groups excluding carboxylic acids is 2. The number of amides is 1. The number of benzene rings is 3. The van der Waals surface area contributed by atoms with Crippen molar-refractivity contribution in [3.63, 3.8) is 0 Å². The molecule has 0 spiro atoms. The monoisotopic (exact) mass is 544 g/mol. The Hall–Kier alpha value is -4.37. The molecule has 1 saturated heterocycles. The maximum Gasteiger partial charge on any atom is 0.301 e. The fourth-order valence-electron chi connectivity index (χ4n) is 4.71. The van der Waals surface area contributed by atoms with E-state index in [9.17, 15) is 19.8 Å². The van der Waals surface area contributed by atoms with E-state index in [1.807, 2.05) is 26.8 Å². The molecular formula is C30H28N2O6S. The lowest BCUT2D eigenvalue weighted by atomic mass is 9.93. The van der Waals surface area contributed by atoms with Crippen LogP contribution >= 0.6 is 11.3 Å². The van der Waals surface area contributed by atoms with Crippen molar-refractivity contribution in [1.82, 2.24) is 4.98 Å². The highest BCUT2D eigenvalue weighted by atomic mass is 32.1. The molecule has 0 radical (unpaired) electrons. The summed E-state index contributed by atoms with van der Waals surface area (Å²) in [5.74, 6) is -0.430. The van der Waals surface area contributed by atoms with Gasteiger partial charge in [0, 0.05) is 5.56 Å². The minimum atomic E-state index is -0.956. The van der Waals surface area contributed by atoms with Crippen molar-refractivity contribution in [2.45, 2.75) is 32.7 Å². The molecule has 3 aromatic carbocycles. The zero-order chi connectivity index (χ0) is 27.8. The number of fused-ring (bicyclic) bond motifs is 1. The summed E-state index contributed by atoms with van der Waals surface area (Å²) in [6.07, 6.45) is 0. The fourth-order valence-corrected chi connectivity index (χ4v) is 5.73. The Labute approximate surface area is 229 Å². The number of methoxy groups -OCH3 is 1. The highest BCUT2D eigenvalue weighted by Crippen LogP contribution is 2.45. The van der Waals surface area contributed by atoms with Crippen LogP contribution in [0.15, 0.2) is 66.2 Å². The van der Waals surface area contributed by atoms with Crippen LogP contribution in [-0.2, 0) is 9.59 Å². The van der Waals surface area contributed by atoms with Crippen molar-refractivity contribution in [2.75, 3.05) is 18.6 Å². The quantitative estimate of drug-likeness (QED) is 0.163. The summed E-state index contributed by atoms with van der Waals surface area (Å²) in [4.78, 5) is 33.0. The molecule has 1 unspecified atom stereocenters. The van der Waals surface area contributed by atoms with Crippen molar-refractivity contribution in [3.05, 3.63) is 82.9 Å². The van der Waals surface area contributed by atoms with E-state index in [1.54, 1.807) is 49.6 Å². The number of aromatic hydroxyl groups is 1. The van der Waals surface area contributed by atoms with Gasteiger partial charge in [0.25, 0.3) is 5.78 Å². The van der Waals surface area contributed by atoms with E-state index in [1.165, 1.54) is 28.4 Å². The molecule has 2 heterocycles. The number of anilines is 1. The Morgan fingerprint density at radius 1 is 1.08 bits per heavy atom. The Kier molecular flexibility index (Phi) is 7.01. The van der Waals surface area contributed by atoms with Gasteiger partial charge in [0.1, 0.15) is 23.0 Å². The smallest absolute Gasteiger partial charge is 0.301 e. The largest absolute Gasteiger partial charge is 0.508 e. The van der Waals surface area contributed by atoms with Crippen molar-refractivity contribution in [1.29, 1.82) is 0 Å². The van der Waals surface area contributed by atoms with E-state index in [0.717, 1.165) is 10.3 Å². The first-order chi connectivity index (χ1) is 18.7. The van der Waals surface area contributed by atoms with Crippen LogP contribution in [0.2, 0.25) is 0 Å². The van der Waals surface area contributed by atoms with Crippen LogP contribution in [0.5, 0.6) is 17.2 Å². The van der Waals surface area contributed by atoms with Crippen LogP contribution in [0.25, 0.3) is 16.0 Å². The molecule has 0 bridgehead atoms. The minimum absolute atomic E-state index is 0.0378. The van der Waals surface area contributed by atoms with E-state index in [-0.39, 0.29) is 23.0 Å². The van der Waals surface area contributed by atoms with Crippen LogP contribution in [0, 0.1) is 0 Å². The number of aliphatic hydroxyl groups is 1. The molecular weight excluding hydrogens is 516 g/mol. The van der Waals surface area contributed by atoms with Crippen LogP contribution in [0.3, 0.4) is 0 Å². The lowest BCUT2D eigenvalue weighted by Gasteiger charge is -2.23. The van der Waals surface area contributed by atoms with Crippen LogP contribution in [-0.4, -0.2) is 40.6 Å². The highest BCUT2D eigenvalue weighted by molar-refractivity contribution is 7.22. The highest BCUT2D eigenvalue weighted by Gasteiger charge is 2.48. The van der Waals surface area contributed by atoms with Gasteiger partial charge in [-0.3, -0.25) is 14.5 Å². The summed E-state index contributed by atoms with van der Waals surface area (Å²) in [5.41, 5.74) is 2.41. The summed E-state index contributed by atoms with van der Waals surface area (Å²) < 4.78 is 11.8. The molecule has 4 aromatic rings. The van der Waals surface area contributed by atoms with Gasteiger partial charge in [-0.25, -0.2) is 4.98 Å². The molecule has 1 aliphatic heterocycles. The molecule has 1 aromatic heterocycles. The predicted molar refractivity (Wildman–Crippen MR) is 151 cm³/mol. The summed E-state index contributed by atoms with van der Waals surface area (Å²) in [7, 11) is 1.57. The number of rotatable bonds is 7. The van der Waals surface area contributed by atoms with Crippen LogP contribution in [0.4, 0.5) is 5.13 Å². The number of carbonyl (C=O) groups is 2. The molecule has 39 heavy (non-hydrogen) atoms. The van der Waals surface area contributed by atoms with Crippen molar-refractivity contribution in [2.24, 2.45) is 0 Å². The Balaban J connectivity index is 1.70. The zero-order valence-electron chi connectivity index (χ0n) is 22.0. The molecule has 1 atom stereocenters. The van der Waals surface area contributed by atoms with Gasteiger partial charge in [0.2, 0.25) is 0 Å². The number of aliphatic hydroxyl groups excluding tert-OH is 1. The van der Waals surface area contributed by atoms with E-state index >= 15 is 0 Å². The second kappa shape index (κ2) is 10.4. The second-order valence-corrected chi connectivity index (χ2v) is 10.4. The van der Waals surface area contributed by atoms with Gasteiger partial charge in [-0.1, -0.05) is 37.3 Å². The second-order valence-electron chi connectivity index (χ2n) is 9.43. The molecule has 5 rings (SSSR count). The Morgan fingerprint density at radius 2 is 1.82 bits per heavy atom. The standard InChI is InChI=1S/C30H28N2O6S/c1-5-38-23-13-8-18(14-21(23)16(2)3)27(34)25-26(17-6-9-19(33)10-7-17)32(29(36)28(25)35)30-31-22-12-11-20(37-4)15-24(22)39-30/h6-16,26,33-34H,5H2,1-4H3/b27-25+. The number of Topliss-reactive ketones (excluding diaryl/α,β-unsaturated/α-hetero) is 1. The molecule has 0 aliphatic carbocycles. The van der Waals surface area contributed by atoms with Crippen molar-refractivity contribution < 1.29 is 29.3 Å². The number of nitrogens with zero attached hydrogens (tertiary/aromatic N) is 2. The third-order valence-electron chi connectivity index (χ3n) is 6.65. The Morgan fingerprint density at radius 3 is 2.49 bits per heavy atom. The number of ketones is 1. The van der Waals surface area contributed by atoms with Crippen LogP contribution in [0.1, 0.15) is 49.4 Å². The fraction of sp³-hybridized carbons (Fsp3) is 0.233. The van der Waals surface area contributed by atoms with Gasteiger partial charge in [0.05, 0.1) is 35.5 Å². The predicted octanol–water partition coefficient (Wildman–Crippen LogP) is 6.16. The molecule has 8 nitrogen and oxygen atoms in total. The van der Waals surface area contributed by atoms with Gasteiger partial charge >= 0.3 is 5.91 Å². The normalized spacial score (nSPS) is 16.8. The number of phenols is 1. The molecule has 0 saturated carbocycles. The average Bonchev–Trinajstić information content (AvgIpc) is 3.46. The SMILES string of the molecule is CCOc1ccc(/C(O)=C2\C(=O)C(=O)N(c3nc4ccc(OC)cc4s3)C2c2ccc(O)cc2)cc1C(C)C. The first-order valence-corrected chi connectivity index (χ1v) is 13.4. The first kappa shape index (κ1) is 26.2. The molecule has 1 aliphatic rings. The van der Waals surface area contributed by atoms with Gasteiger partial charge in [-0.05, 0) is 72.5 Å². The lowest BCUT2D eigenvalue weighted by Crippen LogP contribution is -2.29. The number of phenolic OH excluding ortho intramolecular Hbond substituents is 1. The van der Waals surface area contributed by atoms with E-state index in [4.69, 9.17) is 9.47 Å². The van der Waals surface area contributed by atoms with E-state index in [2.05, 4.69) is 4.98 Å². The number of aromatic nitrogens is 1. The minimum Gasteiger partial charge on any atom is -0.508 e. The number of thiazole rings is 1. The topological polar surface area (TPSA) is 109 Å². The molecule has 200 valence electrons. The van der Waals surface area contributed by atoms with Gasteiger partial charge < -0.3 is 19.7 Å².